The molecule has 2 atom stereocenters. The van der Waals surface area contributed by atoms with Crippen molar-refractivity contribution in [3.8, 4) is 5.75 Å². The van der Waals surface area contributed by atoms with Gasteiger partial charge in [0.2, 0.25) is 6.23 Å². The van der Waals surface area contributed by atoms with Gasteiger partial charge in [-0.3, -0.25) is 4.99 Å². The number of nitrogens with zero attached hydrogens (tertiary/aromatic N) is 3. The van der Waals surface area contributed by atoms with Gasteiger partial charge in [-0.1, -0.05) is 47.1 Å². The van der Waals surface area contributed by atoms with Gasteiger partial charge in [-0.25, -0.2) is 0 Å². The molecular weight excluding hydrogens is 398 g/mol. The molecule has 3 aromatic carbocycles. The number of oxime groups is 1. The van der Waals surface area contributed by atoms with E-state index in [1.165, 1.54) is 0 Å². The van der Waals surface area contributed by atoms with Crippen LogP contribution in [0.25, 0.3) is 0 Å². The van der Waals surface area contributed by atoms with Crippen molar-refractivity contribution in [2.75, 3.05) is 19.1 Å². The fourth-order valence-corrected chi connectivity index (χ4v) is 4.10. The molecule has 0 amide bonds. The van der Waals surface area contributed by atoms with Crippen LogP contribution in [0.15, 0.2) is 82.9 Å². The smallest absolute Gasteiger partial charge is 0.228 e. The van der Waals surface area contributed by atoms with E-state index in [-0.39, 0.29) is 12.3 Å². The minimum Gasteiger partial charge on any atom is -0.497 e. The van der Waals surface area contributed by atoms with Crippen LogP contribution in [0.5, 0.6) is 5.75 Å². The van der Waals surface area contributed by atoms with Gasteiger partial charge in [-0.2, -0.15) is 0 Å². The van der Waals surface area contributed by atoms with E-state index in [1.807, 2.05) is 67.7 Å². The van der Waals surface area contributed by atoms with Gasteiger partial charge in [0.15, 0.2) is 6.04 Å². The van der Waals surface area contributed by atoms with Crippen LogP contribution >= 0.6 is 11.6 Å². The largest absolute Gasteiger partial charge is 0.497 e. The number of fused-ring (bicyclic) bond motifs is 2. The van der Waals surface area contributed by atoms with Crippen LogP contribution < -0.4 is 9.64 Å². The number of hydrogen-bond acceptors (Lipinski definition) is 5. The Bertz CT molecular complexity index is 1140. The first kappa shape index (κ1) is 18.7. The predicted octanol–water partition coefficient (Wildman–Crippen LogP) is 4.77. The fourth-order valence-electron chi connectivity index (χ4n) is 3.93. The second kappa shape index (κ2) is 7.50. The van der Waals surface area contributed by atoms with Gasteiger partial charge >= 0.3 is 0 Å². The lowest BCUT2D eigenvalue weighted by Gasteiger charge is -2.26. The molecule has 0 saturated heterocycles. The van der Waals surface area contributed by atoms with E-state index in [0.29, 0.717) is 5.02 Å². The van der Waals surface area contributed by atoms with E-state index in [1.54, 1.807) is 7.11 Å². The molecule has 0 fully saturated rings. The van der Waals surface area contributed by atoms with Crippen LogP contribution in [0.1, 0.15) is 16.7 Å². The third-order valence-corrected chi connectivity index (χ3v) is 5.72. The van der Waals surface area contributed by atoms with Gasteiger partial charge in [0.1, 0.15) is 11.5 Å². The monoisotopic (exact) mass is 417 g/mol. The molecule has 2 heterocycles. The van der Waals surface area contributed by atoms with E-state index >= 15 is 0 Å². The Hall–Kier alpha value is -3.31. The van der Waals surface area contributed by atoms with E-state index in [0.717, 1.165) is 39.6 Å². The molecule has 0 bridgehead atoms. The van der Waals surface area contributed by atoms with Crippen molar-refractivity contribution in [2.45, 2.75) is 12.3 Å². The summed E-state index contributed by atoms with van der Waals surface area (Å²) in [5.74, 6) is 0.795. The molecule has 6 heteroatoms. The molecule has 150 valence electrons. The number of methoxy groups -OCH3 is 1. The summed E-state index contributed by atoms with van der Waals surface area (Å²) < 4.78 is 5.28. The Morgan fingerprint density at radius 1 is 0.967 bits per heavy atom. The summed E-state index contributed by atoms with van der Waals surface area (Å²) in [7, 11) is 3.65. The molecule has 2 aliphatic heterocycles. The van der Waals surface area contributed by atoms with Crippen molar-refractivity contribution >= 4 is 28.7 Å². The Morgan fingerprint density at radius 2 is 1.73 bits per heavy atom. The van der Waals surface area contributed by atoms with Crippen LogP contribution in [-0.2, 0) is 4.84 Å². The number of anilines is 1. The van der Waals surface area contributed by atoms with E-state index < -0.39 is 0 Å². The number of likely N-dealkylation sites (N-methyl/N-ethyl adjacent to an activating group) is 1. The van der Waals surface area contributed by atoms with Gasteiger partial charge in [0, 0.05) is 34.4 Å². The van der Waals surface area contributed by atoms with Crippen molar-refractivity contribution in [3.63, 3.8) is 0 Å². The first-order valence-electron chi connectivity index (χ1n) is 9.70. The maximum absolute atomic E-state index is 6.36. The van der Waals surface area contributed by atoms with E-state index in [9.17, 15) is 0 Å². The highest BCUT2D eigenvalue weighted by atomic mass is 35.5. The number of hydrogen-bond donors (Lipinski definition) is 0. The summed E-state index contributed by atoms with van der Waals surface area (Å²) in [5.41, 5.74) is 5.62. The normalized spacial score (nSPS) is 19.8. The molecule has 30 heavy (non-hydrogen) atoms. The lowest BCUT2D eigenvalue weighted by molar-refractivity contribution is 0.0790. The van der Waals surface area contributed by atoms with Gasteiger partial charge < -0.3 is 14.5 Å². The average Bonchev–Trinajstić information content (AvgIpc) is 3.16. The van der Waals surface area contributed by atoms with Crippen LogP contribution in [0, 0.1) is 0 Å². The molecule has 3 aromatic rings. The van der Waals surface area contributed by atoms with Gasteiger partial charge in [0.25, 0.3) is 0 Å². The van der Waals surface area contributed by atoms with Crippen molar-refractivity contribution in [3.05, 3.63) is 94.5 Å². The molecule has 5 nitrogen and oxygen atoms in total. The molecule has 5 rings (SSSR count). The molecule has 0 aliphatic carbocycles. The Labute approximate surface area is 180 Å². The molecule has 0 N–H and O–H groups in total. The number of benzene rings is 3. The van der Waals surface area contributed by atoms with Crippen LogP contribution in [0.4, 0.5) is 5.69 Å². The minimum atomic E-state index is -0.344. The number of aliphatic imine (C=N–C) groups is 1. The topological polar surface area (TPSA) is 46.4 Å². The summed E-state index contributed by atoms with van der Waals surface area (Å²) in [6, 6.07) is 23.5. The second-order valence-electron chi connectivity index (χ2n) is 7.26. The molecule has 0 radical (unpaired) electrons. The van der Waals surface area contributed by atoms with Gasteiger partial charge in [0.05, 0.1) is 12.8 Å². The van der Waals surface area contributed by atoms with Crippen molar-refractivity contribution in [1.82, 2.24) is 0 Å². The van der Waals surface area contributed by atoms with Crippen molar-refractivity contribution in [2.24, 2.45) is 10.1 Å². The Kier molecular flexibility index (Phi) is 4.68. The molecule has 0 aromatic heterocycles. The highest BCUT2D eigenvalue weighted by molar-refractivity contribution is 6.31. The summed E-state index contributed by atoms with van der Waals surface area (Å²) >= 11 is 6.36. The molecular formula is C24H20ClN3O2. The summed E-state index contributed by atoms with van der Waals surface area (Å²) in [6.07, 6.45) is -0.344. The lowest BCUT2D eigenvalue weighted by Crippen LogP contribution is -2.41. The summed E-state index contributed by atoms with van der Waals surface area (Å²) in [4.78, 5) is 13.1. The Morgan fingerprint density at radius 3 is 2.47 bits per heavy atom. The maximum Gasteiger partial charge on any atom is 0.228 e. The van der Waals surface area contributed by atoms with Gasteiger partial charge in [-0.15, -0.1) is 0 Å². The highest BCUT2D eigenvalue weighted by Gasteiger charge is 2.41. The quantitative estimate of drug-likeness (QED) is 0.617. The number of halogens is 1. The van der Waals surface area contributed by atoms with Crippen LogP contribution in [0.2, 0.25) is 5.02 Å². The third kappa shape index (κ3) is 3.12. The number of rotatable bonds is 3. The Balaban J connectivity index is 1.66. The second-order valence-corrected chi connectivity index (χ2v) is 7.70. The van der Waals surface area contributed by atoms with Crippen molar-refractivity contribution < 1.29 is 9.57 Å². The minimum absolute atomic E-state index is 0.287. The lowest BCUT2D eigenvalue weighted by atomic mass is 10.00. The maximum atomic E-state index is 6.36. The zero-order chi connectivity index (χ0) is 20.7. The standard InChI is InChI=1S/C24H20ClN3O2/c1-28-20-13-10-17(25)14-19(20)21(15-6-4-3-5-7-15)26-23-22(27-30-24(23)28)16-8-11-18(29-2)12-9-16/h3-14,23-24H,1-2H3. The average molecular weight is 418 g/mol. The zero-order valence-electron chi connectivity index (χ0n) is 16.6. The predicted molar refractivity (Wildman–Crippen MR) is 120 cm³/mol. The van der Waals surface area contributed by atoms with E-state index in [2.05, 4.69) is 22.2 Å². The molecule has 2 unspecified atom stereocenters. The van der Waals surface area contributed by atoms with Crippen LogP contribution in [0.3, 0.4) is 0 Å². The number of ether oxygens (including phenoxy) is 1. The summed E-state index contributed by atoms with van der Waals surface area (Å²) in [6.45, 7) is 0. The fraction of sp³-hybridized carbons (Fsp3) is 0.167. The first-order valence-corrected chi connectivity index (χ1v) is 10.1. The third-order valence-electron chi connectivity index (χ3n) is 5.49. The highest BCUT2D eigenvalue weighted by Crippen LogP contribution is 2.35. The van der Waals surface area contributed by atoms with Gasteiger partial charge in [-0.05, 0) is 42.5 Å². The zero-order valence-corrected chi connectivity index (χ0v) is 17.4. The SMILES string of the molecule is COc1ccc(C2=NOC3C2N=C(c2ccccc2)c2cc(Cl)ccc2N3C)cc1. The first-order chi connectivity index (χ1) is 14.7. The van der Waals surface area contributed by atoms with Crippen molar-refractivity contribution in [1.29, 1.82) is 0 Å². The molecule has 2 aliphatic rings. The molecule has 0 saturated carbocycles. The summed E-state index contributed by atoms with van der Waals surface area (Å²) in [5, 5.41) is 5.09. The van der Waals surface area contributed by atoms with Crippen LogP contribution in [-0.4, -0.2) is 37.9 Å². The molecule has 0 spiro atoms. The van der Waals surface area contributed by atoms with E-state index in [4.69, 9.17) is 26.2 Å².